The molecule has 2 atom stereocenters. The minimum Gasteiger partial charge on any atom is -0.365 e. The fourth-order valence-electron chi connectivity index (χ4n) is 4.51. The number of anilines is 1. The van der Waals surface area contributed by atoms with Gasteiger partial charge in [0.1, 0.15) is 29.2 Å². The average Bonchev–Trinajstić information content (AvgIpc) is 3.33. The fraction of sp³-hybridized carbons (Fsp3) is 0.286. The number of rotatable bonds is 7. The van der Waals surface area contributed by atoms with Gasteiger partial charge < -0.3 is 15.5 Å². The Balaban J connectivity index is 1.69. The molecule has 0 aliphatic carbocycles. The molecule has 2 N–H and O–H groups in total. The maximum atomic E-state index is 14.6. The summed E-state index contributed by atoms with van der Waals surface area (Å²) in [7, 11) is 0. The van der Waals surface area contributed by atoms with Gasteiger partial charge >= 0.3 is 0 Å². The second kappa shape index (κ2) is 10.8. The van der Waals surface area contributed by atoms with Crippen LogP contribution in [0.25, 0.3) is 0 Å². The molecule has 0 aromatic heterocycles. The largest absolute Gasteiger partial charge is 0.365 e. The molecule has 0 spiro atoms. The van der Waals surface area contributed by atoms with E-state index in [-0.39, 0.29) is 11.9 Å². The van der Waals surface area contributed by atoms with Crippen LogP contribution in [0.15, 0.2) is 66.7 Å². The van der Waals surface area contributed by atoms with Gasteiger partial charge in [-0.1, -0.05) is 36.4 Å². The van der Waals surface area contributed by atoms with E-state index in [2.05, 4.69) is 10.6 Å². The molecule has 3 aromatic rings. The highest BCUT2D eigenvalue weighted by molar-refractivity contribution is 5.94. The Bertz CT molecular complexity index is 1230. The van der Waals surface area contributed by atoms with Crippen molar-refractivity contribution >= 4 is 17.5 Å². The van der Waals surface area contributed by atoms with Crippen molar-refractivity contribution in [1.29, 1.82) is 0 Å². The van der Waals surface area contributed by atoms with Crippen LogP contribution in [0, 0.1) is 17.5 Å². The minimum absolute atomic E-state index is 0.0531. The molecule has 1 saturated heterocycles. The predicted octanol–water partition coefficient (Wildman–Crippen LogP) is 5.76. The highest BCUT2D eigenvalue weighted by atomic mass is 19.1. The summed E-state index contributed by atoms with van der Waals surface area (Å²) in [5, 5.41) is 5.54. The third-order valence-electron chi connectivity index (χ3n) is 6.22. The quantitative estimate of drug-likeness (QED) is 0.438. The minimum atomic E-state index is -1.16. The lowest BCUT2D eigenvalue weighted by Gasteiger charge is -2.30. The topological polar surface area (TPSA) is 61.4 Å². The van der Waals surface area contributed by atoms with Crippen molar-refractivity contribution in [2.75, 3.05) is 11.9 Å². The number of carbonyl (C=O) groups is 2. The van der Waals surface area contributed by atoms with Gasteiger partial charge in [-0.15, -0.1) is 0 Å². The van der Waals surface area contributed by atoms with Gasteiger partial charge in [-0.3, -0.25) is 9.59 Å². The van der Waals surface area contributed by atoms with Crippen LogP contribution in [0.2, 0.25) is 0 Å². The van der Waals surface area contributed by atoms with Gasteiger partial charge in [0.2, 0.25) is 5.91 Å². The maximum Gasteiger partial charge on any atom is 0.251 e. The summed E-state index contributed by atoms with van der Waals surface area (Å²) in [4.78, 5) is 27.8. The van der Waals surface area contributed by atoms with E-state index in [0.29, 0.717) is 36.1 Å². The standard InChI is InChI=1S/C28H28F3N3O2/c1-17(2)32-27(35)19-14-12-18(13-15-19)25(33-26-22(30)9-5-10-23(26)31)28(36)34-16-6-11-24(34)20-7-3-4-8-21(20)29/h3-5,7-10,12-15,17,24-25,33H,6,11,16H2,1-2H3,(H,32,35)/t24-,25?/m0/s1. The van der Waals surface area contributed by atoms with Gasteiger partial charge in [-0.05, 0) is 62.6 Å². The molecule has 1 fully saturated rings. The van der Waals surface area contributed by atoms with Gasteiger partial charge in [0.15, 0.2) is 0 Å². The summed E-state index contributed by atoms with van der Waals surface area (Å²) in [6, 6.07) is 14.3. The molecule has 8 heteroatoms. The van der Waals surface area contributed by atoms with Crippen molar-refractivity contribution < 1.29 is 22.8 Å². The van der Waals surface area contributed by atoms with Crippen LogP contribution in [0.1, 0.15) is 60.3 Å². The average molecular weight is 496 g/mol. The molecule has 188 valence electrons. The van der Waals surface area contributed by atoms with Gasteiger partial charge in [0.05, 0.1) is 6.04 Å². The first kappa shape index (κ1) is 25.3. The normalized spacial score (nSPS) is 16.2. The number of carbonyl (C=O) groups excluding carboxylic acids is 2. The number of nitrogens with zero attached hydrogens (tertiary/aromatic N) is 1. The van der Waals surface area contributed by atoms with Crippen LogP contribution in [0.5, 0.6) is 0 Å². The van der Waals surface area contributed by atoms with Crippen molar-refractivity contribution in [2.24, 2.45) is 0 Å². The number of halogens is 3. The smallest absolute Gasteiger partial charge is 0.251 e. The van der Waals surface area contributed by atoms with Crippen molar-refractivity contribution in [1.82, 2.24) is 10.2 Å². The summed E-state index contributed by atoms with van der Waals surface area (Å²) in [6.07, 6.45) is 1.24. The van der Waals surface area contributed by atoms with Crippen LogP contribution < -0.4 is 10.6 Å². The van der Waals surface area contributed by atoms with Crippen molar-refractivity contribution in [3.63, 3.8) is 0 Å². The SMILES string of the molecule is CC(C)NC(=O)c1ccc(C(Nc2c(F)cccc2F)C(=O)N2CCC[C@H]2c2ccccc2F)cc1. The third kappa shape index (κ3) is 5.37. The fourth-order valence-corrected chi connectivity index (χ4v) is 4.51. The lowest BCUT2D eigenvalue weighted by molar-refractivity contribution is -0.133. The van der Waals surface area contributed by atoms with Gasteiger partial charge in [-0.25, -0.2) is 13.2 Å². The van der Waals surface area contributed by atoms with Crippen molar-refractivity contribution in [3.8, 4) is 0 Å². The second-order valence-electron chi connectivity index (χ2n) is 9.14. The lowest BCUT2D eigenvalue weighted by atomic mass is 10.00. The van der Waals surface area contributed by atoms with Crippen molar-refractivity contribution in [3.05, 3.63) is 101 Å². The van der Waals surface area contributed by atoms with Crippen molar-refractivity contribution in [2.45, 2.75) is 44.8 Å². The van der Waals surface area contributed by atoms with E-state index >= 15 is 0 Å². The molecule has 4 rings (SSSR count). The Kier molecular flexibility index (Phi) is 7.62. The molecule has 3 aromatic carbocycles. The Morgan fingerprint density at radius 2 is 1.53 bits per heavy atom. The highest BCUT2D eigenvalue weighted by Crippen LogP contribution is 2.36. The van der Waals surface area contributed by atoms with E-state index in [4.69, 9.17) is 0 Å². The molecule has 2 amide bonds. The predicted molar refractivity (Wildman–Crippen MR) is 132 cm³/mol. The van der Waals surface area contributed by atoms with E-state index in [1.54, 1.807) is 47.4 Å². The van der Waals surface area contributed by atoms with Gasteiger partial charge in [-0.2, -0.15) is 0 Å². The lowest BCUT2D eigenvalue weighted by Crippen LogP contribution is -2.38. The number of amides is 2. The number of hydrogen-bond acceptors (Lipinski definition) is 3. The first-order valence-corrected chi connectivity index (χ1v) is 11.9. The molecule has 1 heterocycles. The molecule has 36 heavy (non-hydrogen) atoms. The molecular weight excluding hydrogens is 467 g/mol. The number of para-hydroxylation sites is 1. The summed E-state index contributed by atoms with van der Waals surface area (Å²) in [5.41, 5.74) is 0.781. The Hall–Kier alpha value is -3.81. The van der Waals surface area contributed by atoms with Crippen LogP contribution in [-0.2, 0) is 4.79 Å². The summed E-state index contributed by atoms with van der Waals surface area (Å²) in [5.74, 6) is -2.80. The van der Waals surface area contributed by atoms with E-state index in [0.717, 1.165) is 12.1 Å². The summed E-state index contributed by atoms with van der Waals surface area (Å²) >= 11 is 0. The molecule has 5 nitrogen and oxygen atoms in total. The Morgan fingerprint density at radius 1 is 0.889 bits per heavy atom. The number of likely N-dealkylation sites (tertiary alicyclic amines) is 1. The zero-order valence-electron chi connectivity index (χ0n) is 20.1. The van der Waals surface area contributed by atoms with Crippen LogP contribution in [0.3, 0.4) is 0 Å². The zero-order chi connectivity index (χ0) is 25.8. The zero-order valence-corrected chi connectivity index (χ0v) is 20.1. The molecule has 0 bridgehead atoms. The first-order valence-electron chi connectivity index (χ1n) is 11.9. The van der Waals surface area contributed by atoms with E-state index in [1.807, 2.05) is 13.8 Å². The van der Waals surface area contributed by atoms with Crippen LogP contribution in [-0.4, -0.2) is 29.3 Å². The number of hydrogen-bond donors (Lipinski definition) is 2. The maximum absolute atomic E-state index is 14.6. The van der Waals surface area contributed by atoms with Crippen LogP contribution >= 0.6 is 0 Å². The molecule has 0 saturated carbocycles. The monoisotopic (exact) mass is 495 g/mol. The van der Waals surface area contributed by atoms with Gasteiger partial charge in [0.25, 0.3) is 5.91 Å². The summed E-state index contributed by atoms with van der Waals surface area (Å²) in [6.45, 7) is 4.07. The Labute approximate surface area is 208 Å². The second-order valence-corrected chi connectivity index (χ2v) is 9.14. The van der Waals surface area contributed by atoms with Crippen LogP contribution in [0.4, 0.5) is 18.9 Å². The number of benzene rings is 3. The van der Waals surface area contributed by atoms with E-state index in [9.17, 15) is 22.8 Å². The van der Waals surface area contributed by atoms with E-state index in [1.165, 1.54) is 12.1 Å². The van der Waals surface area contributed by atoms with E-state index < -0.39 is 41.1 Å². The Morgan fingerprint density at radius 3 is 2.17 bits per heavy atom. The highest BCUT2D eigenvalue weighted by Gasteiger charge is 2.36. The number of nitrogens with one attached hydrogen (secondary N) is 2. The molecule has 0 radical (unpaired) electrons. The molecule has 1 aliphatic heterocycles. The molecular formula is C28H28F3N3O2. The molecule has 1 unspecified atom stereocenters. The van der Waals surface area contributed by atoms with Gasteiger partial charge in [0, 0.05) is 23.7 Å². The first-order chi connectivity index (χ1) is 17.3. The summed E-state index contributed by atoms with van der Waals surface area (Å²) < 4.78 is 43.6. The molecule has 1 aliphatic rings. The third-order valence-corrected chi connectivity index (χ3v) is 6.22.